The van der Waals surface area contributed by atoms with E-state index in [2.05, 4.69) is 9.97 Å². The normalized spacial score (nSPS) is 14.0. The predicted octanol–water partition coefficient (Wildman–Crippen LogP) is 0.350. The molecule has 7 nitrogen and oxygen atoms in total. The van der Waals surface area contributed by atoms with E-state index < -0.39 is 20.7 Å². The van der Waals surface area contributed by atoms with Gasteiger partial charge in [0, 0.05) is 6.26 Å². The summed E-state index contributed by atoms with van der Waals surface area (Å²) < 4.78 is 31.9. The SMILES string of the molecule is COc1cnc(C(O)C(C)(C)S(C)(=O)=O)c(OC)n1. The lowest BCUT2D eigenvalue weighted by Crippen LogP contribution is -2.38. The van der Waals surface area contributed by atoms with Gasteiger partial charge >= 0.3 is 0 Å². The molecular weight excluding hydrogens is 272 g/mol. The van der Waals surface area contributed by atoms with E-state index in [0.29, 0.717) is 0 Å². The number of aromatic nitrogens is 2. The van der Waals surface area contributed by atoms with Crippen molar-refractivity contribution in [2.24, 2.45) is 0 Å². The first-order chi connectivity index (χ1) is 8.65. The number of sulfone groups is 1. The fourth-order valence-electron chi connectivity index (χ4n) is 1.33. The minimum Gasteiger partial charge on any atom is -0.480 e. The summed E-state index contributed by atoms with van der Waals surface area (Å²) in [5, 5.41) is 10.3. The van der Waals surface area contributed by atoms with Crippen molar-refractivity contribution >= 4 is 9.84 Å². The van der Waals surface area contributed by atoms with E-state index in [1.807, 2.05) is 0 Å². The number of aliphatic hydroxyl groups is 1. The van der Waals surface area contributed by atoms with E-state index in [4.69, 9.17) is 9.47 Å². The summed E-state index contributed by atoms with van der Waals surface area (Å²) in [7, 11) is -0.724. The van der Waals surface area contributed by atoms with Gasteiger partial charge in [0.25, 0.3) is 0 Å². The molecule has 0 fully saturated rings. The minimum absolute atomic E-state index is 0.0311. The van der Waals surface area contributed by atoms with Crippen molar-refractivity contribution in [2.45, 2.75) is 24.7 Å². The van der Waals surface area contributed by atoms with Crippen LogP contribution in [0.25, 0.3) is 0 Å². The quantitative estimate of drug-likeness (QED) is 0.835. The first-order valence-corrected chi connectivity index (χ1v) is 7.37. The number of hydrogen-bond acceptors (Lipinski definition) is 7. The van der Waals surface area contributed by atoms with Gasteiger partial charge in [-0.15, -0.1) is 0 Å². The number of rotatable bonds is 5. The Kier molecular flexibility index (Phi) is 4.36. The van der Waals surface area contributed by atoms with E-state index >= 15 is 0 Å². The molecule has 0 aromatic carbocycles. The zero-order valence-corrected chi connectivity index (χ0v) is 12.4. The number of methoxy groups -OCH3 is 2. The average molecular weight is 290 g/mol. The standard InChI is InChI=1S/C11H18N2O5S/c1-11(2,19(5,15)16)9(14)8-10(18-4)13-7(17-3)6-12-8/h6,9,14H,1-5H3. The smallest absolute Gasteiger partial charge is 0.241 e. The fraction of sp³-hybridized carbons (Fsp3) is 0.636. The molecule has 19 heavy (non-hydrogen) atoms. The highest BCUT2D eigenvalue weighted by molar-refractivity contribution is 7.92. The third-order valence-electron chi connectivity index (χ3n) is 3.02. The molecule has 8 heteroatoms. The lowest BCUT2D eigenvalue weighted by atomic mass is 10.0. The fourth-order valence-corrected chi connectivity index (χ4v) is 1.85. The van der Waals surface area contributed by atoms with Crippen molar-refractivity contribution in [3.8, 4) is 11.8 Å². The summed E-state index contributed by atoms with van der Waals surface area (Å²) >= 11 is 0. The molecule has 0 saturated carbocycles. The van der Waals surface area contributed by atoms with Crippen LogP contribution in [0, 0.1) is 0 Å². The van der Waals surface area contributed by atoms with Gasteiger partial charge in [-0.1, -0.05) is 0 Å². The van der Waals surface area contributed by atoms with Gasteiger partial charge in [0.2, 0.25) is 11.8 Å². The molecule has 1 rings (SSSR count). The highest BCUT2D eigenvalue weighted by atomic mass is 32.2. The number of aliphatic hydroxyl groups excluding tert-OH is 1. The molecule has 0 spiro atoms. The molecule has 0 amide bonds. The van der Waals surface area contributed by atoms with Crippen LogP contribution < -0.4 is 9.47 Å². The highest BCUT2D eigenvalue weighted by Crippen LogP contribution is 2.35. The summed E-state index contributed by atoms with van der Waals surface area (Å²) in [5.74, 6) is 0.244. The molecule has 1 unspecified atom stereocenters. The molecule has 0 bridgehead atoms. The van der Waals surface area contributed by atoms with Gasteiger partial charge in [-0.2, -0.15) is 4.98 Å². The van der Waals surface area contributed by atoms with Crippen molar-refractivity contribution in [3.63, 3.8) is 0 Å². The molecule has 0 radical (unpaired) electrons. The molecular formula is C11H18N2O5S. The van der Waals surface area contributed by atoms with Gasteiger partial charge in [0.1, 0.15) is 11.8 Å². The largest absolute Gasteiger partial charge is 0.480 e. The predicted molar refractivity (Wildman–Crippen MR) is 69.0 cm³/mol. The summed E-state index contributed by atoms with van der Waals surface area (Å²) in [6.07, 6.45) is 0.981. The minimum atomic E-state index is -3.49. The molecule has 0 aliphatic heterocycles. The van der Waals surface area contributed by atoms with Crippen molar-refractivity contribution in [1.82, 2.24) is 9.97 Å². The Morgan fingerprint density at radius 1 is 1.32 bits per heavy atom. The first-order valence-electron chi connectivity index (χ1n) is 5.47. The topological polar surface area (TPSA) is 98.6 Å². The second-order valence-electron chi connectivity index (χ2n) is 4.59. The van der Waals surface area contributed by atoms with Crippen LogP contribution in [0.1, 0.15) is 25.6 Å². The van der Waals surface area contributed by atoms with Crippen molar-refractivity contribution in [1.29, 1.82) is 0 Å². The summed E-state index contributed by atoms with van der Waals surface area (Å²) in [4.78, 5) is 7.94. The average Bonchev–Trinajstić information content (AvgIpc) is 2.35. The molecule has 0 aliphatic rings. The van der Waals surface area contributed by atoms with Crippen LogP contribution in [0.3, 0.4) is 0 Å². The number of hydrogen-bond donors (Lipinski definition) is 1. The molecule has 1 N–H and O–H groups in total. The highest BCUT2D eigenvalue weighted by Gasteiger charge is 2.41. The molecule has 108 valence electrons. The monoisotopic (exact) mass is 290 g/mol. The Hall–Kier alpha value is -1.41. The lowest BCUT2D eigenvalue weighted by molar-refractivity contribution is 0.130. The third kappa shape index (κ3) is 2.95. The van der Waals surface area contributed by atoms with Gasteiger partial charge in [-0.05, 0) is 13.8 Å². The Balaban J connectivity index is 3.31. The second-order valence-corrected chi connectivity index (χ2v) is 7.18. The maximum atomic E-state index is 11.7. The lowest BCUT2D eigenvalue weighted by Gasteiger charge is -2.28. The number of ether oxygens (including phenoxy) is 2. The summed E-state index contributed by atoms with van der Waals surface area (Å²) in [5.41, 5.74) is 0.0544. The second kappa shape index (κ2) is 5.30. The Morgan fingerprint density at radius 3 is 2.32 bits per heavy atom. The van der Waals surface area contributed by atoms with E-state index in [1.54, 1.807) is 0 Å². The Morgan fingerprint density at radius 2 is 1.89 bits per heavy atom. The van der Waals surface area contributed by atoms with Gasteiger partial charge in [-0.3, -0.25) is 0 Å². The maximum absolute atomic E-state index is 11.7. The van der Waals surface area contributed by atoms with Crippen molar-refractivity contribution in [3.05, 3.63) is 11.9 Å². The van der Waals surface area contributed by atoms with Crippen LogP contribution in [-0.2, 0) is 9.84 Å². The molecule has 1 aromatic rings. The van der Waals surface area contributed by atoms with E-state index in [9.17, 15) is 13.5 Å². The van der Waals surface area contributed by atoms with Crippen LogP contribution >= 0.6 is 0 Å². The molecule has 1 aromatic heterocycles. The van der Waals surface area contributed by atoms with Crippen molar-refractivity contribution in [2.75, 3.05) is 20.5 Å². The molecule has 0 aliphatic carbocycles. The van der Waals surface area contributed by atoms with Gasteiger partial charge in [0.15, 0.2) is 9.84 Å². The zero-order chi connectivity index (χ0) is 14.8. The Labute approximate surface area is 112 Å². The van der Waals surface area contributed by atoms with Crippen LogP contribution in [0.4, 0.5) is 0 Å². The van der Waals surface area contributed by atoms with Gasteiger partial charge in [-0.25, -0.2) is 13.4 Å². The molecule has 1 heterocycles. The van der Waals surface area contributed by atoms with Gasteiger partial charge < -0.3 is 14.6 Å². The van der Waals surface area contributed by atoms with Crippen LogP contribution in [-0.4, -0.2) is 48.7 Å². The Bertz CT molecular complexity index is 556. The summed E-state index contributed by atoms with van der Waals surface area (Å²) in [6, 6.07) is 0. The van der Waals surface area contributed by atoms with E-state index in [-0.39, 0.29) is 17.5 Å². The first kappa shape index (κ1) is 15.6. The van der Waals surface area contributed by atoms with Gasteiger partial charge in [0.05, 0.1) is 25.2 Å². The maximum Gasteiger partial charge on any atom is 0.241 e. The van der Waals surface area contributed by atoms with E-state index in [1.165, 1.54) is 34.3 Å². The molecule has 0 saturated heterocycles. The summed E-state index contributed by atoms with van der Waals surface area (Å²) in [6.45, 7) is 2.83. The van der Waals surface area contributed by atoms with E-state index in [0.717, 1.165) is 6.26 Å². The molecule has 1 atom stereocenters. The van der Waals surface area contributed by atoms with Crippen LogP contribution in [0.5, 0.6) is 11.8 Å². The number of nitrogens with zero attached hydrogens (tertiary/aromatic N) is 2. The van der Waals surface area contributed by atoms with Crippen LogP contribution in [0.15, 0.2) is 6.20 Å². The third-order valence-corrected chi connectivity index (χ3v) is 5.16. The zero-order valence-electron chi connectivity index (χ0n) is 11.5. The van der Waals surface area contributed by atoms with Crippen LogP contribution in [0.2, 0.25) is 0 Å². The van der Waals surface area contributed by atoms with Crippen molar-refractivity contribution < 1.29 is 23.0 Å².